The van der Waals surface area contributed by atoms with E-state index in [-0.39, 0.29) is 11.6 Å². The van der Waals surface area contributed by atoms with E-state index in [4.69, 9.17) is 4.74 Å². The molecule has 1 heterocycles. The van der Waals surface area contributed by atoms with Crippen molar-refractivity contribution in [3.05, 3.63) is 35.4 Å². The quantitative estimate of drug-likeness (QED) is 0.902. The van der Waals surface area contributed by atoms with Crippen molar-refractivity contribution in [3.63, 3.8) is 0 Å². The van der Waals surface area contributed by atoms with E-state index in [1.54, 1.807) is 0 Å². The number of aryl methyl sites for hydroxylation is 1. The number of benzene rings is 1. The van der Waals surface area contributed by atoms with Crippen LogP contribution in [0.5, 0.6) is 0 Å². The zero-order valence-corrected chi connectivity index (χ0v) is 12.2. The zero-order valence-electron chi connectivity index (χ0n) is 12.2. The van der Waals surface area contributed by atoms with Crippen LogP contribution >= 0.6 is 0 Å². The van der Waals surface area contributed by atoms with Crippen molar-refractivity contribution in [2.45, 2.75) is 38.8 Å². The van der Waals surface area contributed by atoms with E-state index in [9.17, 15) is 5.11 Å². The van der Waals surface area contributed by atoms with Gasteiger partial charge in [0.2, 0.25) is 0 Å². The number of hydrogen-bond donors (Lipinski definition) is 1. The van der Waals surface area contributed by atoms with E-state index < -0.39 is 0 Å². The minimum absolute atomic E-state index is 0.216. The molecule has 0 radical (unpaired) electrons. The lowest BCUT2D eigenvalue weighted by Gasteiger charge is -2.44. The zero-order chi connectivity index (χ0) is 13.9. The van der Waals surface area contributed by atoms with Crippen molar-refractivity contribution in [3.8, 4) is 0 Å². The molecule has 1 aliphatic rings. The Hall–Kier alpha value is -0.900. The Morgan fingerprint density at radius 1 is 1.26 bits per heavy atom. The number of aliphatic hydroxyl groups is 1. The van der Waals surface area contributed by atoms with Gasteiger partial charge in [0.1, 0.15) is 0 Å². The monoisotopic (exact) mass is 263 g/mol. The van der Waals surface area contributed by atoms with Crippen molar-refractivity contribution >= 4 is 0 Å². The summed E-state index contributed by atoms with van der Waals surface area (Å²) in [4.78, 5) is 2.33. The van der Waals surface area contributed by atoms with Gasteiger partial charge in [-0.1, -0.05) is 24.3 Å². The minimum Gasteiger partial charge on any atom is -0.391 e. The second kappa shape index (κ2) is 6.04. The van der Waals surface area contributed by atoms with Crippen LogP contribution in [0.3, 0.4) is 0 Å². The Morgan fingerprint density at radius 3 is 2.53 bits per heavy atom. The summed E-state index contributed by atoms with van der Waals surface area (Å²) in [5.74, 6) is 0. The van der Waals surface area contributed by atoms with Crippen LogP contribution < -0.4 is 0 Å². The van der Waals surface area contributed by atoms with Gasteiger partial charge in [0, 0.05) is 25.0 Å². The summed E-state index contributed by atoms with van der Waals surface area (Å²) in [7, 11) is 0. The Bertz CT molecular complexity index is 411. The molecule has 2 rings (SSSR count). The summed E-state index contributed by atoms with van der Waals surface area (Å²) in [6.45, 7) is 9.68. The molecule has 0 saturated carbocycles. The summed E-state index contributed by atoms with van der Waals surface area (Å²) in [6, 6.07) is 8.28. The largest absolute Gasteiger partial charge is 0.391 e. The Morgan fingerprint density at radius 2 is 1.89 bits per heavy atom. The topological polar surface area (TPSA) is 32.7 Å². The Balaban J connectivity index is 2.05. The van der Waals surface area contributed by atoms with Gasteiger partial charge in [0.25, 0.3) is 0 Å². The third-order valence-corrected chi connectivity index (χ3v) is 4.32. The van der Waals surface area contributed by atoms with Gasteiger partial charge in [0.05, 0.1) is 19.3 Å². The number of rotatable bonds is 4. The minimum atomic E-state index is -0.369. The maximum absolute atomic E-state index is 10.6. The van der Waals surface area contributed by atoms with Gasteiger partial charge in [-0.05, 0) is 31.9 Å². The van der Waals surface area contributed by atoms with Gasteiger partial charge in [-0.25, -0.2) is 0 Å². The lowest BCUT2D eigenvalue weighted by molar-refractivity contribution is -0.0612. The molecule has 1 aromatic carbocycles. The second-order valence-corrected chi connectivity index (χ2v) is 5.90. The standard InChI is InChI=1S/C16H25NO2/c1-13-6-4-5-7-14(13)12-15(18)16(2,3)17-8-10-19-11-9-17/h4-7,15,18H,8-12H2,1-3H3. The molecule has 1 atom stereocenters. The SMILES string of the molecule is Cc1ccccc1CC(O)C(C)(C)N1CCOCC1. The lowest BCUT2D eigenvalue weighted by Crippen LogP contribution is -2.56. The first-order valence-electron chi connectivity index (χ1n) is 7.07. The summed E-state index contributed by atoms with van der Waals surface area (Å²) in [5, 5.41) is 10.6. The molecular formula is C16H25NO2. The summed E-state index contributed by atoms with van der Waals surface area (Å²) in [6.07, 6.45) is 0.337. The maximum atomic E-state index is 10.6. The van der Waals surface area contributed by atoms with E-state index in [0.717, 1.165) is 26.3 Å². The normalized spacial score (nSPS) is 19.4. The van der Waals surface area contributed by atoms with Crippen LogP contribution in [0.2, 0.25) is 0 Å². The Kier molecular flexibility index (Phi) is 4.61. The summed E-state index contributed by atoms with van der Waals surface area (Å²) in [5.41, 5.74) is 2.27. The molecule has 0 bridgehead atoms. The number of hydrogen-bond acceptors (Lipinski definition) is 3. The van der Waals surface area contributed by atoms with E-state index in [1.165, 1.54) is 11.1 Å². The molecule has 1 saturated heterocycles. The van der Waals surface area contributed by atoms with Crippen molar-refractivity contribution in [1.29, 1.82) is 0 Å². The first-order chi connectivity index (χ1) is 9.01. The summed E-state index contributed by atoms with van der Waals surface area (Å²) >= 11 is 0. The molecule has 0 spiro atoms. The highest BCUT2D eigenvalue weighted by Gasteiger charge is 2.35. The van der Waals surface area contributed by atoms with Gasteiger partial charge in [-0.2, -0.15) is 0 Å². The van der Waals surface area contributed by atoms with Crippen LogP contribution in [0.25, 0.3) is 0 Å². The first kappa shape index (κ1) is 14.5. The van der Waals surface area contributed by atoms with Gasteiger partial charge in [-0.15, -0.1) is 0 Å². The van der Waals surface area contributed by atoms with Crippen LogP contribution in [0.1, 0.15) is 25.0 Å². The predicted molar refractivity (Wildman–Crippen MR) is 77.4 cm³/mol. The lowest BCUT2D eigenvalue weighted by atomic mass is 9.88. The molecule has 1 aliphatic heterocycles. The molecule has 0 aromatic heterocycles. The fraction of sp³-hybridized carbons (Fsp3) is 0.625. The van der Waals surface area contributed by atoms with Crippen molar-refractivity contribution in [2.24, 2.45) is 0 Å². The molecule has 1 N–H and O–H groups in total. The third kappa shape index (κ3) is 3.35. The van der Waals surface area contributed by atoms with Gasteiger partial charge in [-0.3, -0.25) is 4.90 Å². The second-order valence-electron chi connectivity index (χ2n) is 5.90. The molecule has 1 fully saturated rings. The van der Waals surface area contributed by atoms with Gasteiger partial charge >= 0.3 is 0 Å². The average molecular weight is 263 g/mol. The molecule has 3 heteroatoms. The maximum Gasteiger partial charge on any atom is 0.0758 e. The molecule has 1 aromatic rings. The molecular weight excluding hydrogens is 238 g/mol. The molecule has 1 unspecified atom stereocenters. The number of aliphatic hydroxyl groups excluding tert-OH is 1. The molecule has 106 valence electrons. The molecule has 0 amide bonds. The fourth-order valence-corrected chi connectivity index (χ4v) is 2.65. The van der Waals surface area contributed by atoms with Crippen molar-refractivity contribution in [1.82, 2.24) is 4.90 Å². The highest BCUT2D eigenvalue weighted by Crippen LogP contribution is 2.24. The highest BCUT2D eigenvalue weighted by molar-refractivity contribution is 5.26. The molecule has 0 aliphatic carbocycles. The van der Waals surface area contributed by atoms with E-state index in [0.29, 0.717) is 6.42 Å². The summed E-state index contributed by atoms with van der Waals surface area (Å²) < 4.78 is 5.39. The number of morpholine rings is 1. The molecule has 3 nitrogen and oxygen atoms in total. The van der Waals surface area contributed by atoms with Crippen LogP contribution in [0.15, 0.2) is 24.3 Å². The average Bonchev–Trinajstić information content (AvgIpc) is 2.42. The van der Waals surface area contributed by atoms with E-state index in [2.05, 4.69) is 37.8 Å². The van der Waals surface area contributed by atoms with Gasteiger partial charge < -0.3 is 9.84 Å². The fourth-order valence-electron chi connectivity index (χ4n) is 2.65. The van der Waals surface area contributed by atoms with E-state index >= 15 is 0 Å². The first-order valence-corrected chi connectivity index (χ1v) is 7.07. The third-order valence-electron chi connectivity index (χ3n) is 4.32. The van der Waals surface area contributed by atoms with Crippen LogP contribution in [0.4, 0.5) is 0 Å². The Labute approximate surface area is 116 Å². The number of ether oxygens (including phenoxy) is 1. The smallest absolute Gasteiger partial charge is 0.0758 e. The van der Waals surface area contributed by atoms with Gasteiger partial charge in [0.15, 0.2) is 0 Å². The molecule has 19 heavy (non-hydrogen) atoms. The van der Waals surface area contributed by atoms with Crippen LogP contribution in [-0.2, 0) is 11.2 Å². The highest BCUT2D eigenvalue weighted by atomic mass is 16.5. The van der Waals surface area contributed by atoms with Crippen molar-refractivity contribution < 1.29 is 9.84 Å². The van der Waals surface area contributed by atoms with E-state index in [1.807, 2.05) is 12.1 Å². The van der Waals surface area contributed by atoms with Crippen LogP contribution in [0, 0.1) is 6.92 Å². The van der Waals surface area contributed by atoms with Crippen molar-refractivity contribution in [2.75, 3.05) is 26.3 Å². The number of nitrogens with zero attached hydrogens (tertiary/aromatic N) is 1. The van der Waals surface area contributed by atoms with Crippen LogP contribution in [-0.4, -0.2) is 48.0 Å². The predicted octanol–water partition coefficient (Wildman–Crippen LogP) is 2.01.